The van der Waals surface area contributed by atoms with Crippen LogP contribution in [0.25, 0.3) is 0 Å². The third kappa shape index (κ3) is 5.20. The molecular formula is C6H8F5O4P-2. The van der Waals surface area contributed by atoms with Crippen molar-refractivity contribution in [3.05, 3.63) is 0 Å². The SMILES string of the molecule is CCC(CC(F)(F)C(F)(F)F)OP(=O)([O-])[O-]. The molecule has 4 nitrogen and oxygen atoms in total. The summed E-state index contributed by atoms with van der Waals surface area (Å²) in [7, 11) is -5.58. The summed E-state index contributed by atoms with van der Waals surface area (Å²) >= 11 is 0. The predicted molar refractivity (Wildman–Crippen MR) is 38.4 cm³/mol. The summed E-state index contributed by atoms with van der Waals surface area (Å²) in [6, 6.07) is 0. The Morgan fingerprint density at radius 2 is 1.69 bits per heavy atom. The highest BCUT2D eigenvalue weighted by atomic mass is 31.2. The Bertz CT molecular complexity index is 273. The number of alkyl halides is 5. The van der Waals surface area contributed by atoms with E-state index in [4.69, 9.17) is 0 Å². The molecule has 1 unspecified atom stereocenters. The standard InChI is InChI=1S/C6H10F5O4P/c1-2-4(15-16(12,13)14)3-5(7,8)6(9,10)11/h4H,2-3H2,1H3,(H2,12,13,14)/p-2. The molecule has 0 radical (unpaired) electrons. The van der Waals surface area contributed by atoms with Gasteiger partial charge in [0.1, 0.15) is 0 Å². The number of rotatable bonds is 5. The first kappa shape index (κ1) is 15.8. The lowest BCUT2D eigenvalue weighted by atomic mass is 10.1. The maximum absolute atomic E-state index is 12.4. The molecule has 98 valence electrons. The molecule has 0 aromatic heterocycles. The highest BCUT2D eigenvalue weighted by Gasteiger charge is 2.58. The molecular weight excluding hydrogens is 262 g/mol. The van der Waals surface area contributed by atoms with Crippen LogP contribution in [0.1, 0.15) is 19.8 Å². The average molecular weight is 270 g/mol. The quantitative estimate of drug-likeness (QED) is 0.555. The zero-order chi connectivity index (χ0) is 13.2. The lowest BCUT2D eigenvalue weighted by molar-refractivity contribution is -0.348. The minimum absolute atomic E-state index is 0.458. The average Bonchev–Trinajstić information content (AvgIpc) is 1.97. The van der Waals surface area contributed by atoms with Crippen LogP contribution in [0, 0.1) is 0 Å². The van der Waals surface area contributed by atoms with Crippen molar-refractivity contribution >= 4 is 7.82 Å². The minimum atomic E-state index is -5.81. The molecule has 0 spiro atoms. The number of phosphoric ester groups is 1. The summed E-state index contributed by atoms with van der Waals surface area (Å²) in [5.74, 6) is -5.09. The predicted octanol–water partition coefficient (Wildman–Crippen LogP) is 1.20. The zero-order valence-corrected chi connectivity index (χ0v) is 8.86. The van der Waals surface area contributed by atoms with Gasteiger partial charge >= 0.3 is 12.1 Å². The topological polar surface area (TPSA) is 72.4 Å². The van der Waals surface area contributed by atoms with Gasteiger partial charge in [-0.05, 0) is 6.42 Å². The first-order chi connectivity index (χ1) is 6.89. The van der Waals surface area contributed by atoms with E-state index < -0.39 is 38.9 Å². The van der Waals surface area contributed by atoms with Gasteiger partial charge in [-0.25, -0.2) is 0 Å². The van der Waals surface area contributed by atoms with Gasteiger partial charge in [-0.3, -0.25) is 0 Å². The summed E-state index contributed by atoms with van der Waals surface area (Å²) < 4.78 is 73.7. The van der Waals surface area contributed by atoms with E-state index in [0.29, 0.717) is 0 Å². The Labute approximate surface area is 87.6 Å². The molecule has 0 saturated heterocycles. The number of phosphoric acid groups is 1. The van der Waals surface area contributed by atoms with Crippen molar-refractivity contribution in [2.24, 2.45) is 0 Å². The Morgan fingerprint density at radius 3 is 1.94 bits per heavy atom. The van der Waals surface area contributed by atoms with Crippen LogP contribution in [0.2, 0.25) is 0 Å². The Kier molecular flexibility index (Phi) is 4.88. The second-order valence-corrected chi connectivity index (χ2v) is 4.09. The monoisotopic (exact) mass is 270 g/mol. The largest absolute Gasteiger partial charge is 0.790 e. The molecule has 0 bridgehead atoms. The van der Waals surface area contributed by atoms with Gasteiger partial charge < -0.3 is 18.9 Å². The summed E-state index contributed by atoms with van der Waals surface area (Å²) in [4.78, 5) is 20.1. The number of halogens is 5. The van der Waals surface area contributed by atoms with E-state index in [9.17, 15) is 36.3 Å². The van der Waals surface area contributed by atoms with Crippen molar-refractivity contribution < 1.29 is 40.8 Å². The van der Waals surface area contributed by atoms with Crippen LogP contribution in [-0.2, 0) is 9.09 Å². The van der Waals surface area contributed by atoms with Crippen molar-refractivity contribution in [3.8, 4) is 0 Å². The van der Waals surface area contributed by atoms with Gasteiger partial charge in [0.2, 0.25) is 0 Å². The molecule has 10 heteroatoms. The van der Waals surface area contributed by atoms with E-state index in [0.717, 1.165) is 6.92 Å². The molecule has 0 aromatic rings. The van der Waals surface area contributed by atoms with Gasteiger partial charge in [-0.15, -0.1) is 0 Å². The second kappa shape index (κ2) is 4.95. The Balaban J connectivity index is 4.62. The van der Waals surface area contributed by atoms with E-state index in [1.54, 1.807) is 0 Å². The highest BCUT2D eigenvalue weighted by molar-refractivity contribution is 7.43. The maximum Gasteiger partial charge on any atom is 0.453 e. The summed E-state index contributed by atoms with van der Waals surface area (Å²) in [5.41, 5.74) is 0. The normalized spacial score (nSPS) is 16.2. The van der Waals surface area contributed by atoms with Crippen molar-refractivity contribution in [2.75, 3.05) is 0 Å². The minimum Gasteiger partial charge on any atom is -0.790 e. The van der Waals surface area contributed by atoms with Crippen LogP contribution in [-0.4, -0.2) is 18.2 Å². The summed E-state index contributed by atoms with van der Waals surface area (Å²) in [6.07, 6.45) is -10.2. The van der Waals surface area contributed by atoms with Gasteiger partial charge in [-0.2, -0.15) is 22.0 Å². The summed E-state index contributed by atoms with van der Waals surface area (Å²) in [5, 5.41) is 0. The smallest absolute Gasteiger partial charge is 0.453 e. The van der Waals surface area contributed by atoms with Crippen LogP contribution in [0.4, 0.5) is 22.0 Å². The van der Waals surface area contributed by atoms with Crippen LogP contribution in [0.5, 0.6) is 0 Å². The number of hydrogen-bond acceptors (Lipinski definition) is 4. The van der Waals surface area contributed by atoms with Crippen molar-refractivity contribution in [1.82, 2.24) is 0 Å². The molecule has 0 aliphatic carbocycles. The van der Waals surface area contributed by atoms with Gasteiger partial charge in [-0.1, -0.05) is 6.92 Å². The highest BCUT2D eigenvalue weighted by Crippen LogP contribution is 2.41. The molecule has 0 amide bonds. The Hall–Kier alpha value is -0.240. The lowest BCUT2D eigenvalue weighted by Gasteiger charge is -2.34. The van der Waals surface area contributed by atoms with Crippen LogP contribution >= 0.6 is 7.82 Å². The van der Waals surface area contributed by atoms with Gasteiger partial charge in [0.15, 0.2) is 0 Å². The van der Waals surface area contributed by atoms with Gasteiger partial charge in [0.05, 0.1) is 13.9 Å². The van der Waals surface area contributed by atoms with Crippen LogP contribution in [0.15, 0.2) is 0 Å². The molecule has 16 heavy (non-hydrogen) atoms. The first-order valence-electron chi connectivity index (χ1n) is 4.04. The lowest BCUT2D eigenvalue weighted by Crippen LogP contribution is -2.40. The maximum atomic E-state index is 12.4. The van der Waals surface area contributed by atoms with E-state index in [2.05, 4.69) is 4.52 Å². The fraction of sp³-hybridized carbons (Fsp3) is 1.00. The van der Waals surface area contributed by atoms with Crippen molar-refractivity contribution in [3.63, 3.8) is 0 Å². The van der Waals surface area contributed by atoms with Crippen molar-refractivity contribution in [1.29, 1.82) is 0 Å². The zero-order valence-electron chi connectivity index (χ0n) is 7.96. The van der Waals surface area contributed by atoms with E-state index in [1.807, 2.05) is 0 Å². The van der Waals surface area contributed by atoms with Crippen LogP contribution in [0.3, 0.4) is 0 Å². The third-order valence-corrected chi connectivity index (χ3v) is 2.19. The fourth-order valence-electron chi connectivity index (χ4n) is 0.840. The molecule has 0 N–H and O–H groups in total. The van der Waals surface area contributed by atoms with Crippen molar-refractivity contribution in [2.45, 2.75) is 38.0 Å². The fourth-order valence-corrected chi connectivity index (χ4v) is 1.43. The molecule has 0 heterocycles. The first-order valence-corrected chi connectivity index (χ1v) is 5.50. The van der Waals surface area contributed by atoms with Gasteiger partial charge in [0.25, 0.3) is 0 Å². The number of hydrogen-bond donors (Lipinski definition) is 0. The second-order valence-electron chi connectivity index (χ2n) is 2.99. The van der Waals surface area contributed by atoms with Crippen LogP contribution < -0.4 is 9.79 Å². The van der Waals surface area contributed by atoms with E-state index in [1.165, 1.54) is 0 Å². The molecule has 0 aliphatic heterocycles. The Morgan fingerprint density at radius 1 is 1.25 bits per heavy atom. The van der Waals surface area contributed by atoms with E-state index >= 15 is 0 Å². The molecule has 0 saturated carbocycles. The molecule has 0 fully saturated rings. The molecule has 0 aliphatic rings. The molecule has 0 aromatic carbocycles. The van der Waals surface area contributed by atoms with Gasteiger partial charge in [0, 0.05) is 6.42 Å². The van der Waals surface area contributed by atoms with E-state index in [-0.39, 0.29) is 0 Å². The molecule has 1 atom stereocenters. The third-order valence-electron chi connectivity index (χ3n) is 1.63. The summed E-state index contributed by atoms with van der Waals surface area (Å²) in [6.45, 7) is 1.12. The molecule has 0 rings (SSSR count).